The molecule has 0 aromatic heterocycles. The number of nitrogen functional groups attached to an aromatic ring is 1. The number of benzene rings is 1. The number of ether oxygens (including phenoxy) is 1. The molecule has 1 atom stereocenters. The highest BCUT2D eigenvalue weighted by Crippen LogP contribution is 2.25. The fourth-order valence-electron chi connectivity index (χ4n) is 1.42. The summed E-state index contributed by atoms with van der Waals surface area (Å²) in [5.74, 6) is -2.14. The van der Waals surface area contributed by atoms with Crippen molar-refractivity contribution < 1.29 is 24.5 Å². The van der Waals surface area contributed by atoms with Gasteiger partial charge in [0.25, 0.3) is 0 Å². The van der Waals surface area contributed by atoms with Crippen LogP contribution in [0.5, 0.6) is 5.75 Å². The van der Waals surface area contributed by atoms with Gasteiger partial charge in [-0.25, -0.2) is 9.59 Å². The van der Waals surface area contributed by atoms with Crippen molar-refractivity contribution in [1.29, 1.82) is 0 Å². The second-order valence-corrected chi connectivity index (χ2v) is 3.79. The Morgan fingerprint density at radius 2 is 2.06 bits per heavy atom. The monoisotopic (exact) mass is 253 g/mol. The van der Waals surface area contributed by atoms with E-state index in [1.165, 1.54) is 18.2 Å². The molecule has 0 bridgehead atoms. The van der Waals surface area contributed by atoms with E-state index in [4.69, 9.17) is 20.7 Å². The van der Waals surface area contributed by atoms with Crippen molar-refractivity contribution in [2.75, 3.05) is 5.73 Å². The summed E-state index contributed by atoms with van der Waals surface area (Å²) in [6.07, 6.45) is -0.0666. The lowest BCUT2D eigenvalue weighted by atomic mass is 10.1. The van der Waals surface area contributed by atoms with Crippen LogP contribution >= 0.6 is 0 Å². The molecule has 6 nitrogen and oxygen atoms in total. The van der Waals surface area contributed by atoms with E-state index in [0.717, 1.165) is 0 Å². The maximum Gasteiger partial charge on any atom is 0.344 e. The summed E-state index contributed by atoms with van der Waals surface area (Å²) < 4.78 is 5.25. The van der Waals surface area contributed by atoms with Crippen LogP contribution < -0.4 is 10.5 Å². The Morgan fingerprint density at radius 1 is 1.39 bits per heavy atom. The van der Waals surface area contributed by atoms with E-state index in [2.05, 4.69) is 0 Å². The second-order valence-electron chi connectivity index (χ2n) is 3.79. The molecular weight excluding hydrogens is 238 g/mol. The van der Waals surface area contributed by atoms with Gasteiger partial charge in [0.15, 0.2) is 6.10 Å². The molecular formula is C12H15NO5. The fourth-order valence-corrected chi connectivity index (χ4v) is 1.42. The van der Waals surface area contributed by atoms with E-state index in [-0.39, 0.29) is 17.0 Å². The van der Waals surface area contributed by atoms with Crippen LogP contribution in [0, 0.1) is 0 Å². The number of anilines is 1. The largest absolute Gasteiger partial charge is 0.479 e. The van der Waals surface area contributed by atoms with Gasteiger partial charge in [0, 0.05) is 0 Å². The van der Waals surface area contributed by atoms with Crippen LogP contribution in [0.15, 0.2) is 18.2 Å². The van der Waals surface area contributed by atoms with Gasteiger partial charge in [-0.1, -0.05) is 13.3 Å². The Kier molecular flexibility index (Phi) is 4.53. The highest BCUT2D eigenvalue weighted by atomic mass is 16.5. The standard InChI is InChI=1S/C12H15NO5/c1-2-3-9(12(16)17)18-10-6-7(11(14)15)4-5-8(10)13/h4-6,9H,2-3,13H2,1H3,(H,14,15)(H,16,17). The van der Waals surface area contributed by atoms with Crippen LogP contribution in [0.1, 0.15) is 30.1 Å². The van der Waals surface area contributed by atoms with E-state index < -0.39 is 18.0 Å². The molecule has 0 heterocycles. The molecule has 98 valence electrons. The molecule has 0 amide bonds. The topological polar surface area (TPSA) is 110 Å². The Hall–Kier alpha value is -2.24. The number of carboxylic acids is 2. The summed E-state index contributed by atoms with van der Waals surface area (Å²) >= 11 is 0. The molecule has 0 saturated heterocycles. The molecule has 4 N–H and O–H groups in total. The molecule has 18 heavy (non-hydrogen) atoms. The molecule has 0 spiro atoms. The minimum atomic E-state index is -1.12. The van der Waals surface area contributed by atoms with E-state index in [1.807, 2.05) is 6.92 Å². The Morgan fingerprint density at radius 3 is 2.56 bits per heavy atom. The maximum absolute atomic E-state index is 10.9. The molecule has 1 rings (SSSR count). The molecule has 0 radical (unpaired) electrons. The molecule has 1 unspecified atom stereocenters. The zero-order chi connectivity index (χ0) is 13.7. The number of carbonyl (C=O) groups is 2. The molecule has 0 fully saturated rings. The van der Waals surface area contributed by atoms with Crippen LogP contribution in [-0.4, -0.2) is 28.3 Å². The van der Waals surface area contributed by atoms with E-state index >= 15 is 0 Å². The van der Waals surface area contributed by atoms with Crippen molar-refractivity contribution in [2.45, 2.75) is 25.9 Å². The summed E-state index contributed by atoms with van der Waals surface area (Å²) in [6.45, 7) is 1.83. The first-order chi connectivity index (χ1) is 8.45. The van der Waals surface area contributed by atoms with E-state index in [1.54, 1.807) is 0 Å². The summed E-state index contributed by atoms with van der Waals surface area (Å²) in [4.78, 5) is 21.7. The number of hydrogen-bond donors (Lipinski definition) is 3. The highest BCUT2D eigenvalue weighted by molar-refractivity contribution is 5.89. The van der Waals surface area contributed by atoms with Crippen molar-refractivity contribution in [3.63, 3.8) is 0 Å². The highest BCUT2D eigenvalue weighted by Gasteiger charge is 2.20. The van der Waals surface area contributed by atoms with Gasteiger partial charge < -0.3 is 20.7 Å². The zero-order valence-corrected chi connectivity index (χ0v) is 9.92. The SMILES string of the molecule is CCCC(Oc1cc(C(=O)O)ccc1N)C(=O)O. The Balaban J connectivity index is 2.97. The molecule has 1 aromatic rings. The number of hydrogen-bond acceptors (Lipinski definition) is 4. The third kappa shape index (κ3) is 3.38. The smallest absolute Gasteiger partial charge is 0.344 e. The lowest BCUT2D eigenvalue weighted by Gasteiger charge is -2.16. The van der Waals surface area contributed by atoms with Gasteiger partial charge >= 0.3 is 11.9 Å². The number of carboxylic acid groups (broad SMARTS) is 2. The summed E-state index contributed by atoms with van der Waals surface area (Å²) in [5, 5.41) is 17.8. The summed E-state index contributed by atoms with van der Waals surface area (Å²) in [5.41, 5.74) is 5.83. The van der Waals surface area contributed by atoms with Crippen LogP contribution in [-0.2, 0) is 4.79 Å². The Bertz CT molecular complexity index is 458. The van der Waals surface area contributed by atoms with Gasteiger partial charge in [-0.3, -0.25) is 0 Å². The number of aliphatic carboxylic acids is 1. The number of nitrogens with two attached hydrogens (primary N) is 1. The van der Waals surface area contributed by atoms with Crippen molar-refractivity contribution in [3.05, 3.63) is 23.8 Å². The summed E-state index contributed by atoms with van der Waals surface area (Å²) in [6, 6.07) is 3.94. The lowest BCUT2D eigenvalue weighted by molar-refractivity contribution is -0.145. The van der Waals surface area contributed by atoms with Crippen molar-refractivity contribution >= 4 is 17.6 Å². The van der Waals surface area contributed by atoms with Crippen LogP contribution in [0.25, 0.3) is 0 Å². The van der Waals surface area contributed by atoms with E-state index in [9.17, 15) is 9.59 Å². The molecule has 0 aliphatic heterocycles. The average molecular weight is 253 g/mol. The predicted octanol–water partition coefficient (Wildman–Crippen LogP) is 1.60. The van der Waals surface area contributed by atoms with Crippen molar-refractivity contribution in [2.24, 2.45) is 0 Å². The minimum Gasteiger partial charge on any atom is -0.479 e. The van der Waals surface area contributed by atoms with Crippen LogP contribution in [0.3, 0.4) is 0 Å². The van der Waals surface area contributed by atoms with Crippen LogP contribution in [0.2, 0.25) is 0 Å². The van der Waals surface area contributed by atoms with Gasteiger partial charge in [0.1, 0.15) is 5.75 Å². The first kappa shape index (κ1) is 13.8. The first-order valence-electron chi connectivity index (χ1n) is 5.48. The second kappa shape index (κ2) is 5.90. The molecule has 0 saturated carbocycles. The van der Waals surface area contributed by atoms with Gasteiger partial charge in [0.05, 0.1) is 11.3 Å². The number of rotatable bonds is 6. The van der Waals surface area contributed by atoms with E-state index in [0.29, 0.717) is 12.8 Å². The van der Waals surface area contributed by atoms with Gasteiger partial charge in [0.2, 0.25) is 0 Å². The zero-order valence-electron chi connectivity index (χ0n) is 9.92. The summed E-state index contributed by atoms with van der Waals surface area (Å²) in [7, 11) is 0. The Labute approximate surface area is 104 Å². The molecule has 6 heteroatoms. The molecule has 0 aliphatic carbocycles. The van der Waals surface area contributed by atoms with Crippen molar-refractivity contribution in [1.82, 2.24) is 0 Å². The predicted molar refractivity (Wildman–Crippen MR) is 64.8 cm³/mol. The van der Waals surface area contributed by atoms with Gasteiger partial charge in [-0.2, -0.15) is 0 Å². The molecule has 1 aromatic carbocycles. The van der Waals surface area contributed by atoms with Crippen molar-refractivity contribution in [3.8, 4) is 5.75 Å². The maximum atomic E-state index is 10.9. The number of aromatic carboxylic acids is 1. The lowest BCUT2D eigenvalue weighted by Crippen LogP contribution is -2.27. The van der Waals surface area contributed by atoms with Crippen LogP contribution in [0.4, 0.5) is 5.69 Å². The third-order valence-corrected chi connectivity index (χ3v) is 2.36. The van der Waals surface area contributed by atoms with Gasteiger partial charge in [-0.05, 0) is 24.6 Å². The quantitative estimate of drug-likeness (QED) is 0.664. The average Bonchev–Trinajstić information content (AvgIpc) is 2.30. The normalized spacial score (nSPS) is 11.8. The first-order valence-corrected chi connectivity index (χ1v) is 5.48. The minimum absolute atomic E-state index is 0.000151. The molecule has 0 aliphatic rings. The third-order valence-electron chi connectivity index (χ3n) is 2.36. The van der Waals surface area contributed by atoms with Gasteiger partial charge in [-0.15, -0.1) is 0 Å². The fraction of sp³-hybridized carbons (Fsp3) is 0.333.